The minimum absolute atomic E-state index is 0.0143. The standard InChI is InChI=1S/C20H26N4O3/c25-20(21-12-15-4-2-1-3-5-15)24-10-8-17(9-11-24)19-22-18(27-23-19)14-26-13-16-6-7-16/h1-5,16-17H,6-14H2,(H,21,25). The van der Waals surface area contributed by atoms with Crippen molar-refractivity contribution in [2.24, 2.45) is 5.92 Å². The first-order chi connectivity index (χ1) is 13.3. The number of carbonyl (C=O) groups is 1. The van der Waals surface area contributed by atoms with Crippen molar-refractivity contribution in [3.63, 3.8) is 0 Å². The van der Waals surface area contributed by atoms with E-state index < -0.39 is 0 Å². The average Bonchev–Trinajstić information content (AvgIpc) is 3.42. The van der Waals surface area contributed by atoms with Gasteiger partial charge in [0.25, 0.3) is 5.89 Å². The second-order valence-corrected chi connectivity index (χ2v) is 7.41. The van der Waals surface area contributed by atoms with Crippen molar-refractivity contribution >= 4 is 6.03 Å². The van der Waals surface area contributed by atoms with Gasteiger partial charge in [-0.3, -0.25) is 0 Å². The maximum Gasteiger partial charge on any atom is 0.317 e. The van der Waals surface area contributed by atoms with E-state index in [4.69, 9.17) is 9.26 Å². The number of nitrogens with one attached hydrogen (secondary N) is 1. The predicted octanol–water partition coefficient (Wildman–Crippen LogP) is 3.09. The van der Waals surface area contributed by atoms with Gasteiger partial charge in [-0.2, -0.15) is 4.98 Å². The summed E-state index contributed by atoms with van der Waals surface area (Å²) in [6.45, 7) is 3.13. The van der Waals surface area contributed by atoms with Crippen LogP contribution in [-0.4, -0.2) is 40.8 Å². The Hall–Kier alpha value is -2.41. The van der Waals surface area contributed by atoms with Crippen LogP contribution in [-0.2, 0) is 17.9 Å². The summed E-state index contributed by atoms with van der Waals surface area (Å²) in [4.78, 5) is 18.7. The molecule has 1 saturated heterocycles. The molecule has 1 aromatic carbocycles. The Bertz CT molecular complexity index is 737. The molecule has 0 unspecified atom stereocenters. The van der Waals surface area contributed by atoms with E-state index in [1.54, 1.807) is 0 Å². The minimum atomic E-state index is -0.0143. The molecule has 2 aromatic rings. The first-order valence-electron chi connectivity index (χ1n) is 9.75. The molecule has 2 amide bonds. The zero-order valence-corrected chi connectivity index (χ0v) is 15.5. The van der Waals surface area contributed by atoms with Gasteiger partial charge in [-0.05, 0) is 37.2 Å². The molecule has 1 N–H and O–H groups in total. The van der Waals surface area contributed by atoms with E-state index in [0.717, 1.165) is 36.8 Å². The summed E-state index contributed by atoms with van der Waals surface area (Å²) in [5, 5.41) is 7.10. The normalized spacial score (nSPS) is 17.9. The van der Waals surface area contributed by atoms with Crippen LogP contribution < -0.4 is 5.32 Å². The van der Waals surface area contributed by atoms with Gasteiger partial charge >= 0.3 is 6.03 Å². The smallest absolute Gasteiger partial charge is 0.317 e. The third-order valence-electron chi connectivity index (χ3n) is 5.19. The van der Waals surface area contributed by atoms with E-state index in [9.17, 15) is 4.79 Å². The van der Waals surface area contributed by atoms with E-state index in [2.05, 4.69) is 15.5 Å². The molecule has 1 aromatic heterocycles. The van der Waals surface area contributed by atoms with Crippen LogP contribution in [0.2, 0.25) is 0 Å². The van der Waals surface area contributed by atoms with Gasteiger partial charge in [-0.1, -0.05) is 35.5 Å². The van der Waals surface area contributed by atoms with Crippen molar-refractivity contribution in [2.45, 2.75) is 44.8 Å². The molecule has 7 heteroatoms. The number of urea groups is 1. The lowest BCUT2D eigenvalue weighted by Gasteiger charge is -2.30. The molecular weight excluding hydrogens is 344 g/mol. The van der Waals surface area contributed by atoms with E-state index in [0.29, 0.717) is 32.1 Å². The van der Waals surface area contributed by atoms with Crippen LogP contribution in [0.1, 0.15) is 48.9 Å². The molecule has 4 rings (SSSR count). The van der Waals surface area contributed by atoms with Crippen LogP contribution >= 0.6 is 0 Å². The highest BCUT2D eigenvalue weighted by Crippen LogP contribution is 2.29. The molecular formula is C20H26N4O3. The summed E-state index contributed by atoms with van der Waals surface area (Å²) >= 11 is 0. The first-order valence-corrected chi connectivity index (χ1v) is 9.75. The van der Waals surface area contributed by atoms with E-state index in [1.807, 2.05) is 35.2 Å². The van der Waals surface area contributed by atoms with Gasteiger partial charge in [0.05, 0.1) is 6.61 Å². The number of piperidine rings is 1. The van der Waals surface area contributed by atoms with Gasteiger partial charge in [0.2, 0.25) is 0 Å². The van der Waals surface area contributed by atoms with Crippen LogP contribution in [0, 0.1) is 5.92 Å². The number of benzene rings is 1. The third kappa shape index (κ3) is 5.07. The van der Waals surface area contributed by atoms with Crippen molar-refractivity contribution in [1.29, 1.82) is 0 Å². The van der Waals surface area contributed by atoms with Crippen molar-refractivity contribution in [1.82, 2.24) is 20.4 Å². The summed E-state index contributed by atoms with van der Waals surface area (Å²) in [7, 11) is 0. The molecule has 2 aliphatic rings. The fraction of sp³-hybridized carbons (Fsp3) is 0.550. The number of hydrogen-bond donors (Lipinski definition) is 1. The number of likely N-dealkylation sites (tertiary alicyclic amines) is 1. The lowest BCUT2D eigenvalue weighted by atomic mass is 9.96. The van der Waals surface area contributed by atoms with Gasteiger partial charge in [0.1, 0.15) is 6.61 Å². The van der Waals surface area contributed by atoms with Crippen LogP contribution in [0.3, 0.4) is 0 Å². The van der Waals surface area contributed by atoms with Gasteiger partial charge < -0.3 is 19.5 Å². The maximum atomic E-state index is 12.3. The zero-order chi connectivity index (χ0) is 18.5. The number of nitrogens with zero attached hydrogens (tertiary/aromatic N) is 3. The second kappa shape index (κ2) is 8.52. The molecule has 144 valence electrons. The minimum Gasteiger partial charge on any atom is -0.371 e. The topological polar surface area (TPSA) is 80.5 Å². The summed E-state index contributed by atoms with van der Waals surface area (Å²) < 4.78 is 10.9. The van der Waals surface area contributed by atoms with Gasteiger partial charge in [-0.25, -0.2) is 4.79 Å². The molecule has 1 aliphatic heterocycles. The van der Waals surface area contributed by atoms with Crippen molar-refractivity contribution in [3.05, 3.63) is 47.6 Å². The summed E-state index contributed by atoms with van der Waals surface area (Å²) in [6, 6.07) is 9.92. The highest BCUT2D eigenvalue weighted by molar-refractivity contribution is 5.74. The molecule has 27 heavy (non-hydrogen) atoms. The van der Waals surface area contributed by atoms with Crippen molar-refractivity contribution in [2.75, 3.05) is 19.7 Å². The maximum absolute atomic E-state index is 12.3. The number of aromatic nitrogens is 2. The first kappa shape index (κ1) is 18.0. The van der Waals surface area contributed by atoms with Crippen LogP contribution in [0.5, 0.6) is 0 Å². The summed E-state index contributed by atoms with van der Waals surface area (Å²) in [6.07, 6.45) is 4.24. The Morgan fingerprint density at radius 3 is 2.70 bits per heavy atom. The fourth-order valence-electron chi connectivity index (χ4n) is 3.32. The SMILES string of the molecule is O=C(NCc1ccccc1)N1CCC(c2noc(COCC3CC3)n2)CC1. The molecule has 0 spiro atoms. The van der Waals surface area contributed by atoms with E-state index in [-0.39, 0.29) is 11.9 Å². The number of carbonyl (C=O) groups excluding carboxylic acids is 1. The van der Waals surface area contributed by atoms with Gasteiger partial charge in [0.15, 0.2) is 5.82 Å². The zero-order valence-electron chi connectivity index (χ0n) is 15.5. The summed E-state index contributed by atoms with van der Waals surface area (Å²) in [5.41, 5.74) is 1.10. The van der Waals surface area contributed by atoms with Crippen LogP contribution in [0.25, 0.3) is 0 Å². The van der Waals surface area contributed by atoms with Gasteiger partial charge in [-0.15, -0.1) is 0 Å². The highest BCUT2D eigenvalue weighted by atomic mass is 16.5. The lowest BCUT2D eigenvalue weighted by Crippen LogP contribution is -2.43. The molecule has 2 fully saturated rings. The Morgan fingerprint density at radius 2 is 1.96 bits per heavy atom. The lowest BCUT2D eigenvalue weighted by molar-refractivity contribution is 0.0894. The molecule has 1 saturated carbocycles. The van der Waals surface area contributed by atoms with Crippen molar-refractivity contribution < 1.29 is 14.1 Å². The molecule has 0 radical (unpaired) electrons. The number of rotatable bonds is 7. The number of amides is 2. The van der Waals surface area contributed by atoms with Gasteiger partial charge in [0, 0.05) is 25.6 Å². The Morgan fingerprint density at radius 1 is 1.19 bits per heavy atom. The molecule has 0 atom stereocenters. The largest absolute Gasteiger partial charge is 0.371 e. The van der Waals surface area contributed by atoms with Crippen LogP contribution in [0.4, 0.5) is 4.79 Å². The predicted molar refractivity (Wildman–Crippen MR) is 98.9 cm³/mol. The van der Waals surface area contributed by atoms with Crippen LogP contribution in [0.15, 0.2) is 34.9 Å². The Labute approximate surface area is 159 Å². The summed E-state index contributed by atoms with van der Waals surface area (Å²) in [5.74, 6) is 2.26. The van der Waals surface area contributed by atoms with E-state index in [1.165, 1.54) is 12.8 Å². The second-order valence-electron chi connectivity index (χ2n) is 7.41. The molecule has 7 nitrogen and oxygen atoms in total. The molecule has 0 bridgehead atoms. The molecule has 1 aliphatic carbocycles. The third-order valence-corrected chi connectivity index (χ3v) is 5.19. The number of ether oxygens (including phenoxy) is 1. The highest BCUT2D eigenvalue weighted by Gasteiger charge is 2.27. The number of hydrogen-bond acceptors (Lipinski definition) is 5. The van der Waals surface area contributed by atoms with E-state index >= 15 is 0 Å². The average molecular weight is 370 g/mol. The molecule has 2 heterocycles. The monoisotopic (exact) mass is 370 g/mol. The van der Waals surface area contributed by atoms with Crippen molar-refractivity contribution in [3.8, 4) is 0 Å². The quantitative estimate of drug-likeness (QED) is 0.810. The Kier molecular flexibility index (Phi) is 5.67. The Balaban J connectivity index is 1.20. The fourth-order valence-corrected chi connectivity index (χ4v) is 3.32.